The molecule has 3 N–H and O–H groups in total. The molecule has 0 saturated carbocycles. The number of aliphatic hydroxyl groups is 2. The number of aliphatic carboxylic acids is 1. The SMILES string of the molecule is CC(CC/C=C/C(=O)O)C(O)(O)Cc1ccccc1. The molecular formula is C15H20O4. The van der Waals surface area contributed by atoms with E-state index in [1.54, 1.807) is 6.92 Å². The molecule has 104 valence electrons. The van der Waals surface area contributed by atoms with Crippen LogP contribution in [0.25, 0.3) is 0 Å². The van der Waals surface area contributed by atoms with Gasteiger partial charge in [-0.05, 0) is 18.4 Å². The molecule has 0 bridgehead atoms. The number of benzene rings is 1. The molecule has 0 aliphatic heterocycles. The van der Waals surface area contributed by atoms with Gasteiger partial charge in [-0.15, -0.1) is 0 Å². The van der Waals surface area contributed by atoms with Crippen molar-refractivity contribution in [2.75, 3.05) is 0 Å². The Morgan fingerprint density at radius 1 is 1.32 bits per heavy atom. The van der Waals surface area contributed by atoms with Gasteiger partial charge in [-0.25, -0.2) is 4.79 Å². The number of carboxylic acids is 1. The van der Waals surface area contributed by atoms with E-state index in [4.69, 9.17) is 5.11 Å². The quantitative estimate of drug-likeness (QED) is 0.519. The van der Waals surface area contributed by atoms with Gasteiger partial charge in [-0.1, -0.05) is 43.3 Å². The first-order chi connectivity index (χ1) is 8.92. The summed E-state index contributed by atoms with van der Waals surface area (Å²) in [5, 5.41) is 28.6. The highest BCUT2D eigenvalue weighted by molar-refractivity contribution is 5.79. The van der Waals surface area contributed by atoms with Crippen LogP contribution in [0.2, 0.25) is 0 Å². The van der Waals surface area contributed by atoms with Crippen LogP contribution in [0.15, 0.2) is 42.5 Å². The highest BCUT2D eigenvalue weighted by atomic mass is 16.5. The van der Waals surface area contributed by atoms with E-state index in [1.165, 1.54) is 6.08 Å². The van der Waals surface area contributed by atoms with Crippen LogP contribution in [0.3, 0.4) is 0 Å². The second-order valence-electron chi connectivity index (χ2n) is 4.76. The van der Waals surface area contributed by atoms with Gasteiger partial charge < -0.3 is 15.3 Å². The summed E-state index contributed by atoms with van der Waals surface area (Å²) in [5.74, 6) is -3.11. The fourth-order valence-corrected chi connectivity index (χ4v) is 1.83. The lowest BCUT2D eigenvalue weighted by molar-refractivity contribution is -0.195. The third-order valence-electron chi connectivity index (χ3n) is 3.12. The fraction of sp³-hybridized carbons (Fsp3) is 0.400. The molecule has 4 heteroatoms. The molecule has 1 atom stereocenters. The van der Waals surface area contributed by atoms with Crippen molar-refractivity contribution in [3.8, 4) is 0 Å². The summed E-state index contributed by atoms with van der Waals surface area (Å²) in [7, 11) is 0. The van der Waals surface area contributed by atoms with Crippen LogP contribution in [-0.2, 0) is 11.2 Å². The van der Waals surface area contributed by atoms with Gasteiger partial charge >= 0.3 is 5.97 Å². The molecule has 1 aromatic carbocycles. The monoisotopic (exact) mass is 264 g/mol. The Balaban J connectivity index is 2.49. The van der Waals surface area contributed by atoms with Crippen LogP contribution in [-0.4, -0.2) is 27.1 Å². The lowest BCUT2D eigenvalue weighted by atomic mass is 9.90. The van der Waals surface area contributed by atoms with E-state index in [1.807, 2.05) is 30.3 Å². The summed E-state index contributed by atoms with van der Waals surface area (Å²) < 4.78 is 0. The van der Waals surface area contributed by atoms with Gasteiger partial charge in [0.25, 0.3) is 0 Å². The zero-order valence-electron chi connectivity index (χ0n) is 11.0. The van der Waals surface area contributed by atoms with Crippen molar-refractivity contribution >= 4 is 5.97 Å². The van der Waals surface area contributed by atoms with Gasteiger partial charge in [0.1, 0.15) is 0 Å². The molecule has 0 saturated heterocycles. The minimum atomic E-state index is -1.78. The van der Waals surface area contributed by atoms with Crippen molar-refractivity contribution in [3.05, 3.63) is 48.0 Å². The summed E-state index contributed by atoms with van der Waals surface area (Å²) in [6.45, 7) is 1.75. The van der Waals surface area contributed by atoms with Crippen molar-refractivity contribution in [3.63, 3.8) is 0 Å². The highest BCUT2D eigenvalue weighted by Crippen LogP contribution is 2.23. The molecule has 4 nitrogen and oxygen atoms in total. The van der Waals surface area contributed by atoms with E-state index in [9.17, 15) is 15.0 Å². The molecule has 0 radical (unpaired) electrons. The molecule has 1 rings (SSSR count). The Morgan fingerprint density at radius 2 is 1.95 bits per heavy atom. The summed E-state index contributed by atoms with van der Waals surface area (Å²) in [4.78, 5) is 10.3. The molecule has 1 aromatic rings. The second-order valence-corrected chi connectivity index (χ2v) is 4.76. The topological polar surface area (TPSA) is 77.8 Å². The van der Waals surface area contributed by atoms with Gasteiger partial charge in [-0.3, -0.25) is 0 Å². The maximum absolute atomic E-state index is 10.3. The average molecular weight is 264 g/mol. The fourth-order valence-electron chi connectivity index (χ4n) is 1.83. The van der Waals surface area contributed by atoms with Crippen LogP contribution >= 0.6 is 0 Å². The molecule has 0 fully saturated rings. The van der Waals surface area contributed by atoms with E-state index in [2.05, 4.69) is 0 Å². The predicted octanol–water partition coefficient (Wildman–Crippen LogP) is 1.97. The molecule has 19 heavy (non-hydrogen) atoms. The lowest BCUT2D eigenvalue weighted by Gasteiger charge is -2.28. The Bertz CT molecular complexity index is 423. The van der Waals surface area contributed by atoms with E-state index in [-0.39, 0.29) is 12.3 Å². The van der Waals surface area contributed by atoms with Gasteiger partial charge in [0.2, 0.25) is 0 Å². The van der Waals surface area contributed by atoms with Gasteiger partial charge in [0, 0.05) is 18.4 Å². The Morgan fingerprint density at radius 3 is 2.53 bits per heavy atom. The maximum Gasteiger partial charge on any atom is 0.327 e. The maximum atomic E-state index is 10.3. The normalized spacial score (nSPS) is 13.6. The molecule has 0 heterocycles. The third-order valence-corrected chi connectivity index (χ3v) is 3.12. The zero-order valence-corrected chi connectivity index (χ0v) is 11.0. The molecule has 0 aliphatic carbocycles. The second kappa shape index (κ2) is 7.07. The zero-order chi connectivity index (χ0) is 14.3. The molecular weight excluding hydrogens is 244 g/mol. The van der Waals surface area contributed by atoms with E-state index in [0.29, 0.717) is 12.8 Å². The minimum absolute atomic E-state index is 0.164. The summed E-state index contributed by atoms with van der Waals surface area (Å²) in [5.41, 5.74) is 0.862. The summed E-state index contributed by atoms with van der Waals surface area (Å²) >= 11 is 0. The molecule has 0 aromatic heterocycles. The smallest absolute Gasteiger partial charge is 0.327 e. The van der Waals surface area contributed by atoms with Gasteiger partial charge in [0.15, 0.2) is 5.79 Å². The number of hydrogen-bond acceptors (Lipinski definition) is 3. The van der Waals surface area contributed by atoms with Crippen LogP contribution in [0.1, 0.15) is 25.3 Å². The third kappa shape index (κ3) is 5.68. The molecule has 1 unspecified atom stereocenters. The van der Waals surface area contributed by atoms with Crippen molar-refractivity contribution in [2.45, 2.75) is 32.0 Å². The highest BCUT2D eigenvalue weighted by Gasteiger charge is 2.30. The summed E-state index contributed by atoms with van der Waals surface area (Å²) in [6.07, 6.45) is 3.78. The first-order valence-corrected chi connectivity index (χ1v) is 6.30. The van der Waals surface area contributed by atoms with Gasteiger partial charge in [0.05, 0.1) is 0 Å². The van der Waals surface area contributed by atoms with E-state index >= 15 is 0 Å². The van der Waals surface area contributed by atoms with E-state index < -0.39 is 11.8 Å². The molecule has 0 spiro atoms. The Hall–Kier alpha value is -1.65. The molecule has 0 aliphatic rings. The standard InChI is InChI=1S/C15H20O4/c1-12(7-5-6-10-14(16)17)15(18,19)11-13-8-3-2-4-9-13/h2-4,6,8-10,12,18-19H,5,7,11H2,1H3,(H,16,17)/b10-6+. The first kappa shape index (κ1) is 15.4. The van der Waals surface area contributed by atoms with Crippen LogP contribution in [0.5, 0.6) is 0 Å². The van der Waals surface area contributed by atoms with Crippen molar-refractivity contribution < 1.29 is 20.1 Å². The van der Waals surface area contributed by atoms with Crippen LogP contribution in [0.4, 0.5) is 0 Å². The lowest BCUT2D eigenvalue weighted by Crippen LogP contribution is -2.38. The molecule has 0 amide bonds. The number of carbonyl (C=O) groups is 1. The Kier molecular flexibility index (Phi) is 5.73. The first-order valence-electron chi connectivity index (χ1n) is 6.30. The van der Waals surface area contributed by atoms with E-state index in [0.717, 1.165) is 11.6 Å². The number of allylic oxidation sites excluding steroid dienone is 1. The van der Waals surface area contributed by atoms with Crippen LogP contribution < -0.4 is 0 Å². The number of carboxylic acid groups (broad SMARTS) is 1. The average Bonchev–Trinajstić information content (AvgIpc) is 2.34. The Labute approximate surface area is 113 Å². The van der Waals surface area contributed by atoms with Crippen molar-refractivity contribution in [1.82, 2.24) is 0 Å². The minimum Gasteiger partial charge on any atom is -0.478 e. The summed E-state index contributed by atoms with van der Waals surface area (Å²) in [6, 6.07) is 9.27. The van der Waals surface area contributed by atoms with Crippen molar-refractivity contribution in [1.29, 1.82) is 0 Å². The largest absolute Gasteiger partial charge is 0.478 e. The van der Waals surface area contributed by atoms with Crippen molar-refractivity contribution in [2.24, 2.45) is 5.92 Å². The number of hydrogen-bond donors (Lipinski definition) is 3. The van der Waals surface area contributed by atoms with Gasteiger partial charge in [-0.2, -0.15) is 0 Å². The van der Waals surface area contributed by atoms with Crippen LogP contribution in [0, 0.1) is 5.92 Å². The number of rotatable bonds is 7. The predicted molar refractivity (Wildman–Crippen MR) is 72.5 cm³/mol.